The number of nitrogens with one attached hydrogen (secondary N) is 1. The lowest BCUT2D eigenvalue weighted by molar-refractivity contribution is 0.201. The molecule has 20 heavy (non-hydrogen) atoms. The van der Waals surface area contributed by atoms with E-state index in [1.54, 1.807) is 0 Å². The van der Waals surface area contributed by atoms with Gasteiger partial charge in [-0.15, -0.1) is 0 Å². The molecule has 0 amide bonds. The van der Waals surface area contributed by atoms with Crippen LogP contribution in [0.2, 0.25) is 5.02 Å². The molecule has 0 heterocycles. The molecular formula is C16H18ClNO2. The third-order valence-electron chi connectivity index (χ3n) is 2.95. The topological polar surface area (TPSA) is 41.5 Å². The maximum absolute atomic E-state index is 8.70. The van der Waals surface area contributed by atoms with Gasteiger partial charge in [-0.2, -0.15) is 0 Å². The van der Waals surface area contributed by atoms with E-state index in [0.717, 1.165) is 22.0 Å². The van der Waals surface area contributed by atoms with Gasteiger partial charge in [0.1, 0.15) is 12.4 Å². The molecule has 0 bridgehead atoms. The molecule has 2 aromatic rings. The largest absolute Gasteiger partial charge is 0.491 e. The second-order valence-corrected chi connectivity index (χ2v) is 4.95. The molecular weight excluding hydrogens is 274 g/mol. The summed E-state index contributed by atoms with van der Waals surface area (Å²) in [5.74, 6) is 0.750. The Labute approximate surface area is 124 Å². The summed E-state index contributed by atoms with van der Waals surface area (Å²) in [6, 6.07) is 15.6. The van der Waals surface area contributed by atoms with E-state index in [0.29, 0.717) is 6.61 Å². The Morgan fingerprint density at radius 1 is 1.20 bits per heavy atom. The van der Waals surface area contributed by atoms with Gasteiger partial charge >= 0.3 is 0 Å². The fourth-order valence-electron chi connectivity index (χ4n) is 1.92. The zero-order chi connectivity index (χ0) is 14.4. The molecule has 0 fully saturated rings. The molecule has 1 atom stereocenters. The molecule has 2 aromatic carbocycles. The Morgan fingerprint density at radius 2 is 1.95 bits per heavy atom. The summed E-state index contributed by atoms with van der Waals surface area (Å²) in [6.45, 7) is 2.42. The summed E-state index contributed by atoms with van der Waals surface area (Å²) in [6.07, 6.45) is 0. The third-order valence-corrected chi connectivity index (χ3v) is 3.18. The molecule has 0 spiro atoms. The molecule has 3 nitrogen and oxygen atoms in total. The second kappa shape index (κ2) is 7.17. The van der Waals surface area contributed by atoms with Gasteiger partial charge in [0.15, 0.2) is 0 Å². The van der Waals surface area contributed by atoms with E-state index in [4.69, 9.17) is 21.4 Å². The Kier molecular flexibility index (Phi) is 5.27. The first-order chi connectivity index (χ1) is 9.69. The number of ether oxygens (including phenoxy) is 1. The minimum absolute atomic E-state index is 0.0196. The van der Waals surface area contributed by atoms with Crippen LogP contribution >= 0.6 is 11.6 Å². The number of hydrogen-bond donors (Lipinski definition) is 2. The fraction of sp³-hybridized carbons (Fsp3) is 0.250. The number of aliphatic hydroxyl groups excluding tert-OH is 1. The van der Waals surface area contributed by atoms with Crippen LogP contribution in [0.1, 0.15) is 18.5 Å². The van der Waals surface area contributed by atoms with Gasteiger partial charge < -0.3 is 15.2 Å². The van der Waals surface area contributed by atoms with Gasteiger partial charge in [0.25, 0.3) is 0 Å². The van der Waals surface area contributed by atoms with E-state index in [9.17, 15) is 0 Å². The van der Waals surface area contributed by atoms with Crippen LogP contribution in [-0.4, -0.2) is 18.3 Å². The van der Waals surface area contributed by atoms with Gasteiger partial charge in [0.05, 0.1) is 6.61 Å². The van der Waals surface area contributed by atoms with Crippen molar-refractivity contribution < 1.29 is 9.84 Å². The van der Waals surface area contributed by atoms with Crippen LogP contribution in [0.5, 0.6) is 5.75 Å². The smallest absolute Gasteiger partial charge is 0.119 e. The molecule has 106 valence electrons. The van der Waals surface area contributed by atoms with Crippen LogP contribution in [0, 0.1) is 0 Å². The molecule has 0 saturated heterocycles. The lowest BCUT2D eigenvalue weighted by Crippen LogP contribution is -2.06. The summed E-state index contributed by atoms with van der Waals surface area (Å²) in [4.78, 5) is 0. The number of aliphatic hydroxyl groups is 1. The average Bonchev–Trinajstić information content (AvgIpc) is 2.46. The van der Waals surface area contributed by atoms with E-state index >= 15 is 0 Å². The van der Waals surface area contributed by atoms with Crippen molar-refractivity contribution in [3.8, 4) is 5.75 Å². The van der Waals surface area contributed by atoms with Crippen LogP contribution in [-0.2, 0) is 0 Å². The van der Waals surface area contributed by atoms with E-state index < -0.39 is 0 Å². The Balaban J connectivity index is 1.99. The lowest BCUT2D eigenvalue weighted by atomic mass is 10.1. The molecule has 0 radical (unpaired) electrons. The summed E-state index contributed by atoms with van der Waals surface area (Å²) in [7, 11) is 0. The zero-order valence-electron chi connectivity index (χ0n) is 11.3. The fourth-order valence-corrected chi connectivity index (χ4v) is 2.12. The lowest BCUT2D eigenvalue weighted by Gasteiger charge is -2.16. The highest BCUT2D eigenvalue weighted by molar-refractivity contribution is 6.30. The summed E-state index contributed by atoms with van der Waals surface area (Å²) >= 11 is 6.00. The number of rotatable bonds is 6. The van der Waals surface area contributed by atoms with Gasteiger partial charge in [0, 0.05) is 16.8 Å². The molecule has 2 N–H and O–H groups in total. The Morgan fingerprint density at radius 3 is 2.60 bits per heavy atom. The minimum atomic E-state index is 0.0196. The minimum Gasteiger partial charge on any atom is -0.491 e. The zero-order valence-corrected chi connectivity index (χ0v) is 12.1. The quantitative estimate of drug-likeness (QED) is 0.848. The Hall–Kier alpha value is -1.71. The van der Waals surface area contributed by atoms with Gasteiger partial charge in [-0.25, -0.2) is 0 Å². The van der Waals surface area contributed by atoms with Crippen LogP contribution in [0.3, 0.4) is 0 Å². The van der Waals surface area contributed by atoms with E-state index in [2.05, 4.69) is 12.2 Å². The number of benzene rings is 2. The molecule has 0 aliphatic carbocycles. The van der Waals surface area contributed by atoms with Crippen molar-refractivity contribution in [2.24, 2.45) is 0 Å². The van der Waals surface area contributed by atoms with Gasteiger partial charge in [-0.05, 0) is 48.9 Å². The molecule has 0 aliphatic rings. The molecule has 0 saturated carbocycles. The summed E-state index contributed by atoms with van der Waals surface area (Å²) in [5.41, 5.74) is 2.15. The third kappa shape index (κ3) is 4.15. The molecule has 0 aliphatic heterocycles. The maximum Gasteiger partial charge on any atom is 0.119 e. The van der Waals surface area contributed by atoms with Crippen LogP contribution < -0.4 is 10.1 Å². The highest BCUT2D eigenvalue weighted by Gasteiger charge is 2.05. The highest BCUT2D eigenvalue weighted by Crippen LogP contribution is 2.23. The van der Waals surface area contributed by atoms with E-state index in [-0.39, 0.29) is 12.6 Å². The van der Waals surface area contributed by atoms with Crippen molar-refractivity contribution in [1.29, 1.82) is 0 Å². The van der Waals surface area contributed by atoms with Crippen molar-refractivity contribution >= 4 is 17.3 Å². The molecule has 2 rings (SSSR count). The van der Waals surface area contributed by atoms with Crippen molar-refractivity contribution in [2.45, 2.75) is 13.0 Å². The summed E-state index contributed by atoms with van der Waals surface area (Å²) in [5, 5.41) is 12.8. The van der Waals surface area contributed by atoms with E-state index in [1.165, 1.54) is 0 Å². The first-order valence-electron chi connectivity index (χ1n) is 6.55. The van der Waals surface area contributed by atoms with Gasteiger partial charge in [-0.3, -0.25) is 0 Å². The van der Waals surface area contributed by atoms with Gasteiger partial charge in [-0.1, -0.05) is 23.7 Å². The highest BCUT2D eigenvalue weighted by atomic mass is 35.5. The standard InChI is InChI=1S/C16H18ClNO2/c1-12(13-3-2-4-14(17)11-13)18-15-5-7-16(8-6-15)20-10-9-19/h2-8,11-12,18-19H,9-10H2,1H3. The average molecular weight is 292 g/mol. The SMILES string of the molecule is CC(Nc1ccc(OCCO)cc1)c1cccc(Cl)c1. The van der Waals surface area contributed by atoms with Crippen LogP contribution in [0.25, 0.3) is 0 Å². The first-order valence-corrected chi connectivity index (χ1v) is 6.92. The molecule has 0 aromatic heterocycles. The molecule has 4 heteroatoms. The second-order valence-electron chi connectivity index (χ2n) is 4.52. The van der Waals surface area contributed by atoms with Gasteiger partial charge in [0.2, 0.25) is 0 Å². The number of halogens is 1. The number of anilines is 1. The monoisotopic (exact) mass is 291 g/mol. The molecule has 1 unspecified atom stereocenters. The predicted octanol–water partition coefficient (Wildman–Crippen LogP) is 3.88. The maximum atomic E-state index is 8.70. The Bertz CT molecular complexity index is 542. The summed E-state index contributed by atoms with van der Waals surface area (Å²) < 4.78 is 5.32. The van der Waals surface area contributed by atoms with Crippen molar-refractivity contribution in [3.05, 3.63) is 59.1 Å². The van der Waals surface area contributed by atoms with Crippen LogP contribution in [0.15, 0.2) is 48.5 Å². The van der Waals surface area contributed by atoms with Crippen LogP contribution in [0.4, 0.5) is 5.69 Å². The van der Waals surface area contributed by atoms with Crippen molar-refractivity contribution in [3.63, 3.8) is 0 Å². The van der Waals surface area contributed by atoms with Crippen molar-refractivity contribution in [2.75, 3.05) is 18.5 Å². The predicted molar refractivity (Wildman–Crippen MR) is 82.5 cm³/mol. The first kappa shape index (κ1) is 14.7. The van der Waals surface area contributed by atoms with Crippen molar-refractivity contribution in [1.82, 2.24) is 0 Å². The normalized spacial score (nSPS) is 11.9. The number of hydrogen-bond acceptors (Lipinski definition) is 3. The van der Waals surface area contributed by atoms with E-state index in [1.807, 2.05) is 48.5 Å².